The highest BCUT2D eigenvalue weighted by Gasteiger charge is 2.36. The van der Waals surface area contributed by atoms with Crippen LogP contribution in [-0.4, -0.2) is 32.6 Å². The van der Waals surface area contributed by atoms with Crippen molar-refractivity contribution in [2.24, 2.45) is 5.92 Å². The van der Waals surface area contributed by atoms with Gasteiger partial charge in [0, 0.05) is 32.0 Å². The average molecular weight is 326 g/mol. The van der Waals surface area contributed by atoms with Crippen LogP contribution in [0.3, 0.4) is 0 Å². The van der Waals surface area contributed by atoms with E-state index in [9.17, 15) is 4.79 Å². The van der Waals surface area contributed by atoms with Gasteiger partial charge in [0.25, 0.3) is 0 Å². The molecule has 0 N–H and O–H groups in total. The first-order valence-electron chi connectivity index (χ1n) is 8.55. The molecule has 0 spiro atoms. The van der Waals surface area contributed by atoms with Crippen LogP contribution in [0.1, 0.15) is 48.9 Å². The number of carbonyl (C=O) groups excluding carboxylic acids is 1. The van der Waals surface area contributed by atoms with E-state index in [-0.39, 0.29) is 5.91 Å². The van der Waals surface area contributed by atoms with E-state index in [1.54, 1.807) is 24.1 Å². The first-order valence-corrected chi connectivity index (χ1v) is 8.55. The van der Waals surface area contributed by atoms with Crippen molar-refractivity contribution in [1.29, 1.82) is 0 Å². The summed E-state index contributed by atoms with van der Waals surface area (Å²) < 4.78 is 7.90. The highest BCUT2D eigenvalue weighted by Crippen LogP contribution is 2.47. The van der Waals surface area contributed by atoms with Crippen LogP contribution in [0, 0.1) is 5.92 Å². The fourth-order valence-electron chi connectivity index (χ4n) is 3.27. The molecule has 0 unspecified atom stereocenters. The third kappa shape index (κ3) is 2.88. The van der Waals surface area contributed by atoms with E-state index in [2.05, 4.69) is 21.7 Å². The topological polar surface area (TPSA) is 64.2 Å². The predicted molar refractivity (Wildman–Crippen MR) is 89.1 cm³/mol. The molecule has 6 nitrogen and oxygen atoms in total. The Morgan fingerprint density at radius 3 is 3.08 bits per heavy atom. The number of aryl methyl sites for hydroxylation is 1. The number of hydrogen-bond donors (Lipinski definition) is 0. The molecule has 24 heavy (non-hydrogen) atoms. The van der Waals surface area contributed by atoms with E-state index in [1.807, 2.05) is 12.1 Å². The molecule has 2 aromatic heterocycles. The van der Waals surface area contributed by atoms with Gasteiger partial charge >= 0.3 is 0 Å². The van der Waals surface area contributed by atoms with E-state index < -0.39 is 0 Å². The van der Waals surface area contributed by atoms with Gasteiger partial charge in [0.1, 0.15) is 17.3 Å². The predicted octanol–water partition coefficient (Wildman–Crippen LogP) is 2.61. The highest BCUT2D eigenvalue weighted by atomic mass is 16.3. The van der Waals surface area contributed by atoms with Crippen molar-refractivity contribution in [1.82, 2.24) is 19.7 Å². The summed E-state index contributed by atoms with van der Waals surface area (Å²) in [6.45, 7) is 3.64. The Hall–Kier alpha value is -2.37. The number of furan rings is 1. The average Bonchev–Trinajstić information content (AvgIpc) is 3.00. The largest absolute Gasteiger partial charge is 0.461 e. The lowest BCUT2D eigenvalue weighted by Gasteiger charge is -2.14. The van der Waals surface area contributed by atoms with Crippen molar-refractivity contribution in [3.8, 4) is 0 Å². The fraction of sp³-hybridized carbons (Fsp3) is 0.500. The minimum absolute atomic E-state index is 0.0666. The van der Waals surface area contributed by atoms with Crippen molar-refractivity contribution in [2.45, 2.75) is 45.2 Å². The highest BCUT2D eigenvalue weighted by molar-refractivity contribution is 5.91. The molecular formula is C18H22N4O2. The molecule has 1 fully saturated rings. The van der Waals surface area contributed by atoms with Gasteiger partial charge in [0.15, 0.2) is 5.82 Å². The van der Waals surface area contributed by atoms with E-state index >= 15 is 0 Å². The lowest BCUT2D eigenvalue weighted by Crippen LogP contribution is -2.25. The molecule has 0 radical (unpaired) electrons. The zero-order chi connectivity index (χ0) is 16.7. The minimum atomic E-state index is -0.0666. The molecule has 126 valence electrons. The van der Waals surface area contributed by atoms with Crippen LogP contribution in [0.5, 0.6) is 0 Å². The van der Waals surface area contributed by atoms with Gasteiger partial charge in [-0.1, -0.05) is 6.92 Å². The monoisotopic (exact) mass is 326 g/mol. The third-order valence-corrected chi connectivity index (χ3v) is 4.95. The molecule has 6 heteroatoms. The standard InChI is InChI=1S/C18H22N4O2/c1-12-10-14(12)15-7-5-13(24-15)6-8-18(23)21(2)11-17-20-19-16-4-3-9-22(16)17/h5-8,12,14H,3-4,9-11H2,1-2H3/b8-6+/t12-,14-/m1/s1. The Morgan fingerprint density at radius 2 is 2.29 bits per heavy atom. The van der Waals surface area contributed by atoms with Gasteiger partial charge in [0.05, 0.1) is 6.54 Å². The van der Waals surface area contributed by atoms with E-state index in [0.717, 1.165) is 42.6 Å². The van der Waals surface area contributed by atoms with Crippen LogP contribution >= 0.6 is 0 Å². The molecule has 1 aliphatic heterocycles. The summed E-state index contributed by atoms with van der Waals surface area (Å²) in [5.41, 5.74) is 0. The minimum Gasteiger partial charge on any atom is -0.461 e. The summed E-state index contributed by atoms with van der Waals surface area (Å²) in [5, 5.41) is 8.37. The number of fused-ring (bicyclic) bond motifs is 1. The number of rotatable bonds is 5. The summed E-state index contributed by atoms with van der Waals surface area (Å²) in [4.78, 5) is 13.9. The van der Waals surface area contributed by atoms with Gasteiger partial charge in [0.2, 0.25) is 5.91 Å². The lowest BCUT2D eigenvalue weighted by molar-refractivity contribution is -0.125. The van der Waals surface area contributed by atoms with Gasteiger partial charge in [-0.15, -0.1) is 10.2 Å². The molecule has 1 saturated carbocycles. The van der Waals surface area contributed by atoms with E-state index in [1.165, 1.54) is 6.42 Å². The van der Waals surface area contributed by atoms with Gasteiger partial charge in [-0.2, -0.15) is 0 Å². The van der Waals surface area contributed by atoms with Crippen LogP contribution in [0.4, 0.5) is 0 Å². The summed E-state index contributed by atoms with van der Waals surface area (Å²) in [6, 6.07) is 3.94. The normalized spacial score (nSPS) is 22.1. The maximum Gasteiger partial charge on any atom is 0.246 e. The SMILES string of the molecule is C[C@@H]1C[C@H]1c1ccc(/C=C/C(=O)N(C)Cc2nnc3n2CCC3)o1. The Balaban J connectivity index is 1.37. The first-order chi connectivity index (χ1) is 11.6. The Morgan fingerprint density at radius 1 is 1.46 bits per heavy atom. The maximum absolute atomic E-state index is 12.3. The molecule has 3 heterocycles. The molecule has 0 bridgehead atoms. The molecule has 2 atom stereocenters. The number of carbonyl (C=O) groups is 1. The number of hydrogen-bond acceptors (Lipinski definition) is 4. The Labute approximate surface area is 141 Å². The van der Waals surface area contributed by atoms with Gasteiger partial charge in [-0.05, 0) is 37.0 Å². The van der Waals surface area contributed by atoms with Crippen LogP contribution in [0.25, 0.3) is 6.08 Å². The van der Waals surface area contributed by atoms with Crippen LogP contribution in [-0.2, 0) is 24.3 Å². The second-order valence-electron chi connectivity index (χ2n) is 6.87. The summed E-state index contributed by atoms with van der Waals surface area (Å²) in [5.74, 6) is 4.85. The Kier molecular flexibility index (Phi) is 3.75. The molecule has 4 rings (SSSR count). The van der Waals surface area contributed by atoms with Crippen LogP contribution in [0.2, 0.25) is 0 Å². The fourth-order valence-corrected chi connectivity index (χ4v) is 3.27. The molecule has 2 aromatic rings. The quantitative estimate of drug-likeness (QED) is 0.792. The first kappa shape index (κ1) is 15.2. The molecule has 1 amide bonds. The number of amides is 1. The number of aromatic nitrogens is 3. The van der Waals surface area contributed by atoms with Crippen molar-refractivity contribution in [3.63, 3.8) is 0 Å². The zero-order valence-electron chi connectivity index (χ0n) is 14.1. The Bertz CT molecular complexity index is 789. The van der Waals surface area contributed by atoms with Crippen LogP contribution in [0.15, 0.2) is 22.6 Å². The van der Waals surface area contributed by atoms with E-state index in [4.69, 9.17) is 4.42 Å². The number of likely N-dealkylation sites (N-methyl/N-ethyl adjacent to an activating group) is 1. The molecule has 1 aliphatic carbocycles. The summed E-state index contributed by atoms with van der Waals surface area (Å²) in [6.07, 6.45) is 6.58. The van der Waals surface area contributed by atoms with Crippen LogP contribution < -0.4 is 0 Å². The molecular weight excluding hydrogens is 304 g/mol. The molecule has 2 aliphatic rings. The third-order valence-electron chi connectivity index (χ3n) is 4.95. The maximum atomic E-state index is 12.3. The van der Waals surface area contributed by atoms with Gasteiger partial charge < -0.3 is 13.9 Å². The summed E-state index contributed by atoms with van der Waals surface area (Å²) >= 11 is 0. The van der Waals surface area contributed by atoms with Crippen molar-refractivity contribution < 1.29 is 9.21 Å². The van der Waals surface area contributed by atoms with Crippen molar-refractivity contribution in [2.75, 3.05) is 7.05 Å². The van der Waals surface area contributed by atoms with Crippen molar-refractivity contribution >= 4 is 12.0 Å². The smallest absolute Gasteiger partial charge is 0.246 e. The summed E-state index contributed by atoms with van der Waals surface area (Å²) in [7, 11) is 1.78. The molecule has 0 aromatic carbocycles. The van der Waals surface area contributed by atoms with Crippen molar-refractivity contribution in [3.05, 3.63) is 41.4 Å². The second kappa shape index (κ2) is 5.92. The number of nitrogens with zero attached hydrogens (tertiary/aromatic N) is 4. The second-order valence-corrected chi connectivity index (χ2v) is 6.87. The van der Waals surface area contributed by atoms with Gasteiger partial charge in [-0.3, -0.25) is 4.79 Å². The van der Waals surface area contributed by atoms with Gasteiger partial charge in [-0.25, -0.2) is 0 Å². The molecule has 0 saturated heterocycles. The van der Waals surface area contributed by atoms with E-state index in [0.29, 0.717) is 18.4 Å². The zero-order valence-corrected chi connectivity index (χ0v) is 14.1. The lowest BCUT2D eigenvalue weighted by atomic mass is 10.3.